The summed E-state index contributed by atoms with van der Waals surface area (Å²) in [5.74, 6) is 0.213. The standard InChI is InChI=1S/C25H28FN9O2/c1-3-28-13-18-20(27)22(31-14(2)23-29-5-4-6-30-23)19(25(36)33-18)24-32-17-12-15(11-16(26)21(17)34-24)35-7-9-37-10-8-35/h4-6,11-14H,3,7-10,27H2,1-2H3,(H,32,34)(H2,31,33,36). The van der Waals surface area contributed by atoms with Crippen LogP contribution in [0, 0.1) is 5.82 Å². The van der Waals surface area contributed by atoms with Gasteiger partial charge in [0.05, 0.1) is 41.8 Å². The van der Waals surface area contributed by atoms with Crippen LogP contribution in [-0.2, 0) is 4.74 Å². The molecule has 1 aliphatic heterocycles. The fourth-order valence-electron chi connectivity index (χ4n) is 4.29. The van der Waals surface area contributed by atoms with Gasteiger partial charge in [-0.2, -0.15) is 0 Å². The van der Waals surface area contributed by atoms with E-state index < -0.39 is 17.4 Å². The molecule has 1 saturated heterocycles. The Morgan fingerprint density at radius 2 is 2.03 bits per heavy atom. The SMILES string of the molecule is CCN=Cc1[nH]c(=O)c(-c2nc3c(F)cc(N4CCOCC4)cc3[nH]2)c(NC(C)c2ncccn2)c1N. The number of hydrogen-bond donors (Lipinski definition) is 4. The highest BCUT2D eigenvalue weighted by Gasteiger charge is 2.23. The fraction of sp³-hybridized carbons (Fsp3) is 0.320. The van der Waals surface area contributed by atoms with Crippen molar-refractivity contribution in [1.82, 2.24) is 24.9 Å². The van der Waals surface area contributed by atoms with Crippen molar-refractivity contribution in [3.05, 3.63) is 58.3 Å². The molecule has 0 radical (unpaired) electrons. The summed E-state index contributed by atoms with van der Waals surface area (Å²) in [7, 11) is 0. The molecule has 37 heavy (non-hydrogen) atoms. The third-order valence-electron chi connectivity index (χ3n) is 6.16. The van der Waals surface area contributed by atoms with Crippen molar-refractivity contribution >= 4 is 34.3 Å². The van der Waals surface area contributed by atoms with Gasteiger partial charge in [0.25, 0.3) is 5.56 Å². The van der Waals surface area contributed by atoms with Crippen LogP contribution in [0.15, 0.2) is 40.4 Å². The topological polar surface area (TPSA) is 150 Å². The van der Waals surface area contributed by atoms with Crippen LogP contribution < -0.4 is 21.5 Å². The summed E-state index contributed by atoms with van der Waals surface area (Å²) in [6.45, 7) is 6.73. The van der Waals surface area contributed by atoms with Crippen LogP contribution in [0.2, 0.25) is 0 Å². The smallest absolute Gasteiger partial charge is 0.261 e. The van der Waals surface area contributed by atoms with E-state index in [-0.39, 0.29) is 22.6 Å². The first-order valence-electron chi connectivity index (χ1n) is 12.1. The molecule has 192 valence electrons. The number of hydrogen-bond acceptors (Lipinski definition) is 9. The number of fused-ring (bicyclic) bond motifs is 1. The van der Waals surface area contributed by atoms with Gasteiger partial charge in [-0.25, -0.2) is 19.3 Å². The Bertz CT molecular complexity index is 1490. The third-order valence-corrected chi connectivity index (χ3v) is 6.16. The lowest BCUT2D eigenvalue weighted by atomic mass is 10.1. The van der Waals surface area contributed by atoms with Crippen molar-refractivity contribution in [2.75, 3.05) is 48.8 Å². The van der Waals surface area contributed by atoms with Crippen LogP contribution in [0.3, 0.4) is 0 Å². The van der Waals surface area contributed by atoms with E-state index in [1.54, 1.807) is 18.5 Å². The number of H-pyrrole nitrogens is 2. The monoisotopic (exact) mass is 505 g/mol. The van der Waals surface area contributed by atoms with Crippen LogP contribution in [-0.4, -0.2) is 64.0 Å². The van der Waals surface area contributed by atoms with Crippen molar-refractivity contribution < 1.29 is 9.13 Å². The highest BCUT2D eigenvalue weighted by atomic mass is 19.1. The van der Waals surface area contributed by atoms with Crippen molar-refractivity contribution in [3.8, 4) is 11.4 Å². The van der Waals surface area contributed by atoms with E-state index in [4.69, 9.17) is 10.5 Å². The third kappa shape index (κ3) is 4.87. The lowest BCUT2D eigenvalue weighted by Gasteiger charge is -2.28. The molecular formula is C25H28FN9O2. The number of anilines is 3. The normalized spacial score (nSPS) is 14.9. The van der Waals surface area contributed by atoms with E-state index in [1.165, 1.54) is 12.3 Å². The number of aromatic nitrogens is 5. The van der Waals surface area contributed by atoms with E-state index in [0.717, 1.165) is 5.69 Å². The summed E-state index contributed by atoms with van der Waals surface area (Å²) >= 11 is 0. The highest BCUT2D eigenvalue weighted by Crippen LogP contribution is 2.34. The minimum atomic E-state index is -0.488. The summed E-state index contributed by atoms with van der Waals surface area (Å²) in [6, 6.07) is 4.61. The number of rotatable bonds is 7. The Morgan fingerprint density at radius 3 is 2.76 bits per heavy atom. The van der Waals surface area contributed by atoms with Gasteiger partial charge in [0.15, 0.2) is 5.82 Å². The second-order valence-electron chi connectivity index (χ2n) is 8.64. The number of pyridine rings is 1. The van der Waals surface area contributed by atoms with E-state index in [1.807, 2.05) is 24.8 Å². The van der Waals surface area contributed by atoms with E-state index in [0.29, 0.717) is 55.6 Å². The number of benzene rings is 1. The molecule has 11 nitrogen and oxygen atoms in total. The molecule has 12 heteroatoms. The lowest BCUT2D eigenvalue weighted by Crippen LogP contribution is -2.36. The molecule has 1 aliphatic rings. The van der Waals surface area contributed by atoms with Gasteiger partial charge >= 0.3 is 0 Å². The molecule has 1 aromatic carbocycles. The Labute approximate surface area is 212 Å². The molecule has 1 fully saturated rings. The largest absolute Gasteiger partial charge is 0.395 e. The minimum absolute atomic E-state index is 0.131. The number of nitrogen functional groups attached to an aromatic ring is 1. The number of aromatic amines is 2. The average molecular weight is 506 g/mol. The number of ether oxygens (including phenoxy) is 1. The fourth-order valence-corrected chi connectivity index (χ4v) is 4.29. The molecule has 1 unspecified atom stereocenters. The molecule has 0 saturated carbocycles. The summed E-state index contributed by atoms with van der Waals surface area (Å²) in [5.41, 5.74) is 8.47. The molecule has 5 N–H and O–H groups in total. The van der Waals surface area contributed by atoms with Gasteiger partial charge < -0.3 is 30.7 Å². The molecule has 4 aromatic rings. The van der Waals surface area contributed by atoms with Gasteiger partial charge in [-0.3, -0.25) is 9.79 Å². The summed E-state index contributed by atoms with van der Waals surface area (Å²) in [6.07, 6.45) is 4.79. The van der Waals surface area contributed by atoms with Crippen LogP contribution >= 0.6 is 0 Å². The molecule has 0 spiro atoms. The van der Waals surface area contributed by atoms with Gasteiger partial charge in [-0.05, 0) is 32.0 Å². The number of nitrogens with one attached hydrogen (secondary N) is 3. The Morgan fingerprint density at radius 1 is 1.27 bits per heavy atom. The van der Waals surface area contributed by atoms with Gasteiger partial charge in [-0.15, -0.1) is 0 Å². The first-order chi connectivity index (χ1) is 18.0. The number of halogens is 1. The van der Waals surface area contributed by atoms with Gasteiger partial charge in [0.1, 0.15) is 22.7 Å². The molecule has 0 bridgehead atoms. The predicted molar refractivity (Wildman–Crippen MR) is 142 cm³/mol. The summed E-state index contributed by atoms with van der Waals surface area (Å²) in [4.78, 5) is 38.5. The van der Waals surface area contributed by atoms with Crippen LogP contribution in [0.4, 0.5) is 21.5 Å². The van der Waals surface area contributed by atoms with Crippen molar-refractivity contribution in [1.29, 1.82) is 0 Å². The van der Waals surface area contributed by atoms with E-state index >= 15 is 4.39 Å². The lowest BCUT2D eigenvalue weighted by molar-refractivity contribution is 0.122. The van der Waals surface area contributed by atoms with Gasteiger partial charge in [-0.1, -0.05) is 0 Å². The molecule has 0 aliphatic carbocycles. The zero-order chi connectivity index (χ0) is 25.9. The zero-order valence-corrected chi connectivity index (χ0v) is 20.6. The number of nitrogens with zero attached hydrogens (tertiary/aromatic N) is 5. The van der Waals surface area contributed by atoms with E-state index in [2.05, 4.69) is 35.2 Å². The molecule has 4 heterocycles. The maximum Gasteiger partial charge on any atom is 0.261 e. The van der Waals surface area contributed by atoms with Gasteiger partial charge in [0.2, 0.25) is 0 Å². The Hall–Kier alpha value is -4.32. The van der Waals surface area contributed by atoms with E-state index in [9.17, 15) is 4.79 Å². The number of aliphatic imine (C=N–C) groups is 1. The second kappa shape index (κ2) is 10.3. The zero-order valence-electron chi connectivity index (χ0n) is 20.6. The second-order valence-corrected chi connectivity index (χ2v) is 8.64. The predicted octanol–water partition coefficient (Wildman–Crippen LogP) is 2.88. The minimum Gasteiger partial charge on any atom is -0.395 e. The summed E-state index contributed by atoms with van der Waals surface area (Å²) in [5, 5.41) is 3.27. The first kappa shape index (κ1) is 24.4. The Balaban J connectivity index is 1.63. The van der Waals surface area contributed by atoms with Crippen LogP contribution in [0.5, 0.6) is 0 Å². The summed E-state index contributed by atoms with van der Waals surface area (Å²) < 4.78 is 20.6. The van der Waals surface area contributed by atoms with Crippen molar-refractivity contribution in [2.24, 2.45) is 4.99 Å². The van der Waals surface area contributed by atoms with Gasteiger partial charge in [0, 0.05) is 43.9 Å². The number of imidazole rings is 1. The highest BCUT2D eigenvalue weighted by molar-refractivity contribution is 5.95. The van der Waals surface area contributed by atoms with Crippen molar-refractivity contribution in [3.63, 3.8) is 0 Å². The maximum atomic E-state index is 15.1. The number of nitrogens with two attached hydrogens (primary N) is 1. The number of morpholine rings is 1. The average Bonchev–Trinajstić information content (AvgIpc) is 3.35. The molecule has 3 aromatic heterocycles. The maximum absolute atomic E-state index is 15.1. The molecule has 5 rings (SSSR count). The molecule has 0 amide bonds. The Kier molecular flexibility index (Phi) is 6.82. The molecular weight excluding hydrogens is 477 g/mol. The van der Waals surface area contributed by atoms with Crippen molar-refractivity contribution in [2.45, 2.75) is 19.9 Å². The van der Waals surface area contributed by atoms with Crippen LogP contribution in [0.1, 0.15) is 31.4 Å². The quantitative estimate of drug-likeness (QED) is 0.280. The first-order valence-corrected chi connectivity index (χ1v) is 12.1. The molecule has 1 atom stereocenters. The van der Waals surface area contributed by atoms with Crippen LogP contribution in [0.25, 0.3) is 22.4 Å².